The second-order valence-electron chi connectivity index (χ2n) is 6.19. The minimum Gasteiger partial charge on any atom is -0.396 e. The van der Waals surface area contributed by atoms with Gasteiger partial charge in [-0.15, -0.1) is 0 Å². The number of carbonyl (C=O) groups excluding carboxylic acids is 1. The molecule has 0 saturated carbocycles. The first-order valence-electron chi connectivity index (χ1n) is 7.65. The third-order valence-corrected chi connectivity index (χ3v) is 5.21. The highest BCUT2D eigenvalue weighted by molar-refractivity contribution is 5.94. The molecule has 0 unspecified atom stereocenters. The van der Waals surface area contributed by atoms with Gasteiger partial charge in [0.2, 0.25) is 0 Å². The summed E-state index contributed by atoms with van der Waals surface area (Å²) in [7, 11) is 0. The van der Waals surface area contributed by atoms with Crippen LogP contribution in [-0.2, 0) is 12.8 Å². The Balaban J connectivity index is 1.70. The number of nitrogens with zero attached hydrogens (tertiary/aromatic N) is 2. The molecule has 1 aliphatic heterocycles. The number of piperidine rings is 1. The molecule has 20 heavy (non-hydrogen) atoms. The van der Waals surface area contributed by atoms with Crippen LogP contribution in [0.3, 0.4) is 0 Å². The van der Waals surface area contributed by atoms with E-state index in [0.29, 0.717) is 5.69 Å². The van der Waals surface area contributed by atoms with Crippen molar-refractivity contribution in [3.63, 3.8) is 0 Å². The molecule has 2 heterocycles. The number of carbonyl (C=O) groups is 1. The van der Waals surface area contributed by atoms with E-state index in [0.717, 1.165) is 62.9 Å². The number of nitrogens with one attached hydrogen (secondary N) is 1. The van der Waals surface area contributed by atoms with Crippen LogP contribution in [0.25, 0.3) is 0 Å². The van der Waals surface area contributed by atoms with Gasteiger partial charge in [-0.05, 0) is 43.9 Å². The molecule has 1 saturated heterocycles. The zero-order chi connectivity index (χ0) is 14.2. The van der Waals surface area contributed by atoms with E-state index in [-0.39, 0.29) is 17.9 Å². The van der Waals surface area contributed by atoms with E-state index in [1.54, 1.807) is 0 Å². The van der Waals surface area contributed by atoms with Crippen molar-refractivity contribution < 1.29 is 9.90 Å². The van der Waals surface area contributed by atoms with Gasteiger partial charge in [0.05, 0.1) is 0 Å². The largest absolute Gasteiger partial charge is 0.396 e. The Morgan fingerprint density at radius 2 is 2.15 bits per heavy atom. The molecule has 0 atom stereocenters. The van der Waals surface area contributed by atoms with Gasteiger partial charge in [-0.3, -0.25) is 9.89 Å². The van der Waals surface area contributed by atoms with Crippen LogP contribution in [0.4, 0.5) is 0 Å². The van der Waals surface area contributed by atoms with Crippen molar-refractivity contribution in [2.75, 3.05) is 19.7 Å². The summed E-state index contributed by atoms with van der Waals surface area (Å²) >= 11 is 0. The van der Waals surface area contributed by atoms with E-state index in [2.05, 4.69) is 17.1 Å². The molecule has 0 spiro atoms. The quantitative estimate of drug-likeness (QED) is 0.880. The predicted molar refractivity (Wildman–Crippen MR) is 75.6 cm³/mol. The van der Waals surface area contributed by atoms with Gasteiger partial charge < -0.3 is 10.0 Å². The number of hydrogen-bond acceptors (Lipinski definition) is 3. The van der Waals surface area contributed by atoms with Crippen molar-refractivity contribution in [2.24, 2.45) is 5.41 Å². The first-order chi connectivity index (χ1) is 9.69. The minimum absolute atomic E-state index is 0.0182. The number of rotatable bonds is 3. The first kappa shape index (κ1) is 13.6. The molecular weight excluding hydrogens is 254 g/mol. The fourth-order valence-corrected chi connectivity index (χ4v) is 3.45. The second kappa shape index (κ2) is 5.20. The molecular formula is C15H23N3O2. The maximum absolute atomic E-state index is 12.6. The summed E-state index contributed by atoms with van der Waals surface area (Å²) in [5.41, 5.74) is 2.92. The molecule has 2 N–H and O–H groups in total. The SMILES string of the molecule is CCC1(CO)CCN(C(=O)c2n[nH]c3c2CCC3)CC1. The first-order valence-corrected chi connectivity index (χ1v) is 7.65. The standard InChI is InChI=1S/C15H23N3O2/c1-2-15(10-19)6-8-18(9-7-15)14(20)13-11-4-3-5-12(11)16-17-13/h19H,2-10H2,1H3,(H,16,17). The number of aryl methyl sites for hydroxylation is 1. The van der Waals surface area contributed by atoms with Crippen molar-refractivity contribution >= 4 is 5.91 Å². The Kier molecular flexibility index (Phi) is 3.54. The summed E-state index contributed by atoms with van der Waals surface area (Å²) in [5.74, 6) is 0.0621. The number of aromatic nitrogens is 2. The molecule has 5 nitrogen and oxygen atoms in total. The number of aliphatic hydroxyl groups excluding tert-OH is 1. The van der Waals surface area contributed by atoms with E-state index in [1.165, 1.54) is 0 Å². The highest BCUT2D eigenvalue weighted by atomic mass is 16.3. The molecule has 0 radical (unpaired) electrons. The van der Waals surface area contributed by atoms with Crippen LogP contribution in [-0.4, -0.2) is 45.8 Å². The summed E-state index contributed by atoms with van der Waals surface area (Å²) in [5, 5.41) is 16.8. The maximum atomic E-state index is 12.6. The molecule has 0 aromatic carbocycles. The molecule has 3 rings (SSSR count). The van der Waals surface area contributed by atoms with Crippen LogP contribution in [0.15, 0.2) is 0 Å². The topological polar surface area (TPSA) is 69.2 Å². The van der Waals surface area contributed by atoms with Crippen molar-refractivity contribution in [1.29, 1.82) is 0 Å². The Morgan fingerprint density at radius 3 is 2.80 bits per heavy atom. The van der Waals surface area contributed by atoms with Crippen LogP contribution in [0, 0.1) is 5.41 Å². The average molecular weight is 277 g/mol. The summed E-state index contributed by atoms with van der Waals surface area (Å²) in [6, 6.07) is 0. The molecule has 5 heteroatoms. The lowest BCUT2D eigenvalue weighted by molar-refractivity contribution is 0.0334. The molecule has 1 aromatic rings. The Bertz CT molecular complexity index is 495. The molecule has 1 aromatic heterocycles. The fraction of sp³-hybridized carbons (Fsp3) is 0.733. The zero-order valence-electron chi connectivity index (χ0n) is 12.1. The molecule has 110 valence electrons. The number of aromatic amines is 1. The van der Waals surface area contributed by atoms with Crippen LogP contribution >= 0.6 is 0 Å². The van der Waals surface area contributed by atoms with Crippen LogP contribution in [0.2, 0.25) is 0 Å². The van der Waals surface area contributed by atoms with E-state index >= 15 is 0 Å². The van der Waals surface area contributed by atoms with Crippen molar-refractivity contribution in [1.82, 2.24) is 15.1 Å². The normalized spacial score (nSPS) is 21.0. The lowest BCUT2D eigenvalue weighted by Gasteiger charge is -2.40. The average Bonchev–Trinajstić information content (AvgIpc) is 3.09. The molecule has 1 fully saturated rings. The van der Waals surface area contributed by atoms with Crippen LogP contribution in [0.1, 0.15) is 54.4 Å². The molecule has 1 amide bonds. The zero-order valence-corrected chi connectivity index (χ0v) is 12.1. The van der Waals surface area contributed by atoms with Gasteiger partial charge in [0.25, 0.3) is 5.91 Å². The van der Waals surface area contributed by atoms with E-state index < -0.39 is 0 Å². The fourth-order valence-electron chi connectivity index (χ4n) is 3.45. The monoisotopic (exact) mass is 277 g/mol. The van der Waals surface area contributed by atoms with Gasteiger partial charge in [0, 0.05) is 31.0 Å². The van der Waals surface area contributed by atoms with Gasteiger partial charge in [-0.25, -0.2) is 0 Å². The Hall–Kier alpha value is -1.36. The Labute approximate surface area is 119 Å². The van der Waals surface area contributed by atoms with E-state index in [4.69, 9.17) is 0 Å². The van der Waals surface area contributed by atoms with E-state index in [1.807, 2.05) is 4.90 Å². The van der Waals surface area contributed by atoms with Gasteiger partial charge in [0.15, 0.2) is 5.69 Å². The van der Waals surface area contributed by atoms with Gasteiger partial charge in [0.1, 0.15) is 0 Å². The van der Waals surface area contributed by atoms with Crippen molar-refractivity contribution in [3.05, 3.63) is 17.0 Å². The van der Waals surface area contributed by atoms with Crippen LogP contribution < -0.4 is 0 Å². The molecule has 2 aliphatic rings. The summed E-state index contributed by atoms with van der Waals surface area (Å²) in [6.45, 7) is 3.81. The number of aliphatic hydroxyl groups is 1. The van der Waals surface area contributed by atoms with Gasteiger partial charge in [-0.2, -0.15) is 5.10 Å². The summed E-state index contributed by atoms with van der Waals surface area (Å²) in [6.07, 6.45) is 5.85. The molecule has 1 aliphatic carbocycles. The lowest BCUT2D eigenvalue weighted by atomic mass is 9.77. The predicted octanol–water partition coefficient (Wildman–Crippen LogP) is 1.52. The minimum atomic E-state index is 0.0182. The summed E-state index contributed by atoms with van der Waals surface area (Å²) in [4.78, 5) is 14.5. The third-order valence-electron chi connectivity index (χ3n) is 5.21. The third kappa shape index (κ3) is 2.14. The summed E-state index contributed by atoms with van der Waals surface area (Å²) < 4.78 is 0. The smallest absolute Gasteiger partial charge is 0.274 e. The number of likely N-dealkylation sites (tertiary alicyclic amines) is 1. The highest BCUT2D eigenvalue weighted by Crippen LogP contribution is 2.35. The number of H-pyrrole nitrogens is 1. The number of hydrogen-bond donors (Lipinski definition) is 2. The van der Waals surface area contributed by atoms with Crippen molar-refractivity contribution in [2.45, 2.75) is 45.4 Å². The maximum Gasteiger partial charge on any atom is 0.274 e. The van der Waals surface area contributed by atoms with E-state index in [9.17, 15) is 9.90 Å². The van der Waals surface area contributed by atoms with Crippen LogP contribution in [0.5, 0.6) is 0 Å². The second-order valence-corrected chi connectivity index (χ2v) is 6.19. The van der Waals surface area contributed by atoms with Crippen molar-refractivity contribution in [3.8, 4) is 0 Å². The van der Waals surface area contributed by atoms with Gasteiger partial charge in [-0.1, -0.05) is 6.92 Å². The Morgan fingerprint density at radius 1 is 1.40 bits per heavy atom. The van der Waals surface area contributed by atoms with Gasteiger partial charge >= 0.3 is 0 Å². The lowest BCUT2D eigenvalue weighted by Crippen LogP contribution is -2.44. The highest BCUT2D eigenvalue weighted by Gasteiger charge is 2.35. The number of fused-ring (bicyclic) bond motifs is 1. The number of amides is 1. The molecule has 0 bridgehead atoms.